The monoisotopic (exact) mass is 228 g/mol. The van der Waals surface area contributed by atoms with E-state index in [2.05, 4.69) is 12.2 Å². The van der Waals surface area contributed by atoms with Crippen molar-refractivity contribution in [2.75, 3.05) is 39.9 Å². The molecule has 0 aromatic heterocycles. The molecule has 0 aromatic carbocycles. The number of carbonyl (C=O) groups excluding carboxylic acids is 1. The number of likely N-dealkylation sites (tertiary alicyclic amines) is 1. The van der Waals surface area contributed by atoms with Gasteiger partial charge in [0, 0.05) is 19.7 Å². The number of nitrogens with zero attached hydrogens (tertiary/aromatic N) is 1. The Hall–Kier alpha value is -0.610. The van der Waals surface area contributed by atoms with Crippen LogP contribution in [0.3, 0.4) is 0 Å². The van der Waals surface area contributed by atoms with E-state index in [-0.39, 0.29) is 12.5 Å². The van der Waals surface area contributed by atoms with Crippen LogP contribution in [-0.2, 0) is 9.53 Å². The van der Waals surface area contributed by atoms with Gasteiger partial charge < -0.3 is 15.0 Å². The van der Waals surface area contributed by atoms with Crippen molar-refractivity contribution in [3.63, 3.8) is 0 Å². The highest BCUT2D eigenvalue weighted by Gasteiger charge is 2.25. The molecule has 0 aromatic rings. The van der Waals surface area contributed by atoms with Gasteiger partial charge in [0.25, 0.3) is 0 Å². The summed E-state index contributed by atoms with van der Waals surface area (Å²) < 4.78 is 5.34. The molecule has 1 N–H and O–H groups in total. The second-order valence-corrected chi connectivity index (χ2v) is 4.46. The molecule has 0 radical (unpaired) electrons. The van der Waals surface area contributed by atoms with Crippen molar-refractivity contribution in [3.05, 3.63) is 0 Å². The molecule has 4 nitrogen and oxygen atoms in total. The minimum absolute atomic E-state index is 0.148. The maximum Gasteiger partial charge on any atom is 0.248 e. The van der Waals surface area contributed by atoms with Gasteiger partial charge in [0.2, 0.25) is 5.91 Å². The van der Waals surface area contributed by atoms with Crippen molar-refractivity contribution in [1.82, 2.24) is 10.2 Å². The van der Waals surface area contributed by atoms with E-state index in [1.165, 1.54) is 0 Å². The Labute approximate surface area is 98.3 Å². The summed E-state index contributed by atoms with van der Waals surface area (Å²) in [6, 6.07) is 0. The van der Waals surface area contributed by atoms with Gasteiger partial charge >= 0.3 is 0 Å². The van der Waals surface area contributed by atoms with Crippen LogP contribution in [0.4, 0.5) is 0 Å². The predicted molar refractivity (Wildman–Crippen MR) is 64.3 cm³/mol. The third kappa shape index (κ3) is 4.49. The molecule has 1 aliphatic heterocycles. The molecule has 1 rings (SSSR count). The van der Waals surface area contributed by atoms with Crippen LogP contribution in [0.15, 0.2) is 0 Å². The van der Waals surface area contributed by atoms with Gasteiger partial charge in [0.1, 0.15) is 6.61 Å². The summed E-state index contributed by atoms with van der Waals surface area (Å²) in [5.41, 5.74) is 0. The fourth-order valence-electron chi connectivity index (χ4n) is 2.01. The van der Waals surface area contributed by atoms with Crippen LogP contribution in [0.25, 0.3) is 0 Å². The van der Waals surface area contributed by atoms with Gasteiger partial charge in [-0.15, -0.1) is 0 Å². The van der Waals surface area contributed by atoms with Crippen LogP contribution in [-0.4, -0.2) is 50.7 Å². The standard InChI is InChI=1S/C12H24N2O2/c1-3-4-7-16-10-12(15)14-6-5-11(9-14)8-13-2/h11,13H,3-10H2,1-2H3. The maximum absolute atomic E-state index is 11.7. The highest BCUT2D eigenvalue weighted by atomic mass is 16.5. The van der Waals surface area contributed by atoms with Crippen LogP contribution in [0.5, 0.6) is 0 Å². The van der Waals surface area contributed by atoms with E-state index in [4.69, 9.17) is 4.74 Å². The van der Waals surface area contributed by atoms with E-state index >= 15 is 0 Å². The molecular weight excluding hydrogens is 204 g/mol. The van der Waals surface area contributed by atoms with Crippen molar-refractivity contribution in [3.8, 4) is 0 Å². The normalized spacial score (nSPS) is 20.4. The summed E-state index contributed by atoms with van der Waals surface area (Å²) in [6.07, 6.45) is 3.26. The first-order chi connectivity index (χ1) is 7.77. The van der Waals surface area contributed by atoms with E-state index in [0.717, 1.165) is 38.9 Å². The van der Waals surface area contributed by atoms with Crippen LogP contribution in [0, 0.1) is 5.92 Å². The number of carbonyl (C=O) groups is 1. The number of amides is 1. The van der Waals surface area contributed by atoms with Crippen LogP contribution in [0.2, 0.25) is 0 Å². The SMILES string of the molecule is CCCCOCC(=O)N1CCC(CNC)C1. The lowest BCUT2D eigenvalue weighted by atomic mass is 10.1. The van der Waals surface area contributed by atoms with E-state index in [0.29, 0.717) is 12.5 Å². The van der Waals surface area contributed by atoms with Crippen molar-refractivity contribution in [1.29, 1.82) is 0 Å². The summed E-state index contributed by atoms with van der Waals surface area (Å²) in [4.78, 5) is 13.7. The second kappa shape index (κ2) is 7.63. The third-order valence-electron chi connectivity index (χ3n) is 3.00. The first kappa shape index (κ1) is 13.5. The largest absolute Gasteiger partial charge is 0.372 e. The number of hydrogen-bond donors (Lipinski definition) is 1. The first-order valence-electron chi connectivity index (χ1n) is 6.28. The Balaban J connectivity index is 2.13. The number of hydrogen-bond acceptors (Lipinski definition) is 3. The van der Waals surface area contributed by atoms with Crippen LogP contribution >= 0.6 is 0 Å². The predicted octanol–water partition coefficient (Wildman–Crippen LogP) is 0.871. The molecule has 1 unspecified atom stereocenters. The van der Waals surface area contributed by atoms with Crippen molar-refractivity contribution in [2.24, 2.45) is 5.92 Å². The topological polar surface area (TPSA) is 41.6 Å². The molecule has 1 atom stereocenters. The molecule has 1 fully saturated rings. The third-order valence-corrected chi connectivity index (χ3v) is 3.00. The zero-order valence-corrected chi connectivity index (χ0v) is 10.5. The lowest BCUT2D eigenvalue weighted by Gasteiger charge is -2.16. The second-order valence-electron chi connectivity index (χ2n) is 4.46. The van der Waals surface area contributed by atoms with Gasteiger partial charge in [-0.25, -0.2) is 0 Å². The van der Waals surface area contributed by atoms with E-state index in [1.54, 1.807) is 0 Å². The Kier molecular flexibility index (Phi) is 6.42. The fourth-order valence-corrected chi connectivity index (χ4v) is 2.01. The molecular formula is C12H24N2O2. The first-order valence-corrected chi connectivity index (χ1v) is 6.28. The van der Waals surface area contributed by atoms with E-state index in [9.17, 15) is 4.79 Å². The molecule has 1 saturated heterocycles. The minimum Gasteiger partial charge on any atom is -0.372 e. The molecule has 0 aliphatic carbocycles. The zero-order valence-electron chi connectivity index (χ0n) is 10.5. The van der Waals surface area contributed by atoms with Crippen molar-refractivity contribution >= 4 is 5.91 Å². The maximum atomic E-state index is 11.7. The molecule has 1 aliphatic rings. The molecule has 94 valence electrons. The number of unbranched alkanes of at least 4 members (excludes halogenated alkanes) is 1. The Bertz CT molecular complexity index is 209. The number of ether oxygens (including phenoxy) is 1. The summed E-state index contributed by atoms with van der Waals surface area (Å²) >= 11 is 0. The highest BCUT2D eigenvalue weighted by Crippen LogP contribution is 2.15. The zero-order chi connectivity index (χ0) is 11.8. The van der Waals surface area contributed by atoms with E-state index in [1.807, 2.05) is 11.9 Å². The lowest BCUT2D eigenvalue weighted by molar-refractivity contribution is -0.135. The average molecular weight is 228 g/mol. The van der Waals surface area contributed by atoms with Gasteiger partial charge in [-0.05, 0) is 32.4 Å². The summed E-state index contributed by atoms with van der Waals surface area (Å²) in [5, 5.41) is 3.16. The minimum atomic E-state index is 0.148. The highest BCUT2D eigenvalue weighted by molar-refractivity contribution is 5.77. The van der Waals surface area contributed by atoms with Crippen LogP contribution in [0.1, 0.15) is 26.2 Å². The van der Waals surface area contributed by atoms with Gasteiger partial charge in [0.15, 0.2) is 0 Å². The molecule has 0 saturated carbocycles. The summed E-state index contributed by atoms with van der Waals surface area (Å²) in [5.74, 6) is 0.763. The van der Waals surface area contributed by atoms with Crippen LogP contribution < -0.4 is 5.32 Å². The molecule has 1 amide bonds. The fraction of sp³-hybridized carbons (Fsp3) is 0.917. The molecule has 0 bridgehead atoms. The van der Waals surface area contributed by atoms with Gasteiger partial charge in [-0.1, -0.05) is 13.3 Å². The molecule has 1 heterocycles. The smallest absolute Gasteiger partial charge is 0.248 e. The van der Waals surface area contributed by atoms with Crippen molar-refractivity contribution in [2.45, 2.75) is 26.2 Å². The molecule has 4 heteroatoms. The van der Waals surface area contributed by atoms with Crippen molar-refractivity contribution < 1.29 is 9.53 Å². The van der Waals surface area contributed by atoms with Gasteiger partial charge in [-0.2, -0.15) is 0 Å². The molecule has 16 heavy (non-hydrogen) atoms. The average Bonchev–Trinajstić information content (AvgIpc) is 2.73. The quantitative estimate of drug-likeness (QED) is 0.657. The van der Waals surface area contributed by atoms with Gasteiger partial charge in [-0.3, -0.25) is 4.79 Å². The van der Waals surface area contributed by atoms with E-state index < -0.39 is 0 Å². The Morgan fingerprint density at radius 1 is 1.56 bits per heavy atom. The Morgan fingerprint density at radius 2 is 2.38 bits per heavy atom. The number of rotatable bonds is 7. The van der Waals surface area contributed by atoms with Gasteiger partial charge in [0.05, 0.1) is 0 Å². The molecule has 0 spiro atoms. The summed E-state index contributed by atoms with van der Waals surface area (Å²) in [7, 11) is 1.96. The summed E-state index contributed by atoms with van der Waals surface area (Å²) in [6.45, 7) is 5.86. The Morgan fingerprint density at radius 3 is 3.06 bits per heavy atom. The lowest BCUT2D eigenvalue weighted by Crippen LogP contribution is -2.33. The number of nitrogens with one attached hydrogen (secondary N) is 1.